The van der Waals surface area contributed by atoms with Crippen LogP contribution in [-0.2, 0) is 28.5 Å². The Labute approximate surface area is 213 Å². The lowest BCUT2D eigenvalue weighted by atomic mass is 9.53. The summed E-state index contributed by atoms with van der Waals surface area (Å²) in [5.41, 5.74) is 1.74. The van der Waals surface area contributed by atoms with Gasteiger partial charge in [0.15, 0.2) is 0 Å². The molecule has 0 radical (unpaired) electrons. The van der Waals surface area contributed by atoms with Crippen molar-refractivity contribution in [3.8, 4) is 0 Å². The number of hydrogen-bond acceptors (Lipinski definition) is 7. The average Bonchev–Trinajstić information content (AvgIpc) is 2.98. The monoisotopic (exact) mass is 498 g/mol. The van der Waals surface area contributed by atoms with E-state index in [-0.39, 0.29) is 18.8 Å². The van der Waals surface area contributed by atoms with E-state index in [1.807, 2.05) is 6.92 Å². The SMILES string of the molecule is C=C1[C@H]2C[C@H]3OC(=O)/C=C\C=C\[C@H]([C@@H](C)O)OCC/C(C)=C/C(=O)OC[C@@]4(CCC(C)=C[C@H]4O2)[C@]13C. The second-order valence-electron chi connectivity index (χ2n) is 10.8. The fourth-order valence-electron chi connectivity index (χ4n) is 6.04. The lowest BCUT2D eigenvalue weighted by Crippen LogP contribution is -2.60. The zero-order valence-corrected chi connectivity index (χ0v) is 21.7. The number of hydrogen-bond donors (Lipinski definition) is 1. The van der Waals surface area contributed by atoms with Crippen molar-refractivity contribution in [3.05, 3.63) is 59.8 Å². The zero-order valence-electron chi connectivity index (χ0n) is 21.7. The molecule has 1 spiro atoms. The third kappa shape index (κ3) is 4.89. The molecule has 36 heavy (non-hydrogen) atoms. The fourth-order valence-corrected chi connectivity index (χ4v) is 6.04. The van der Waals surface area contributed by atoms with Gasteiger partial charge < -0.3 is 24.1 Å². The van der Waals surface area contributed by atoms with Gasteiger partial charge in [0.1, 0.15) is 18.8 Å². The van der Waals surface area contributed by atoms with Crippen molar-refractivity contribution in [2.45, 2.75) is 83.9 Å². The molecule has 7 heteroatoms. The van der Waals surface area contributed by atoms with Crippen molar-refractivity contribution in [1.82, 2.24) is 0 Å². The molecule has 1 saturated carbocycles. The largest absolute Gasteiger partial charge is 0.462 e. The molecule has 2 bridgehead atoms. The fraction of sp³-hybridized carbons (Fsp3) is 0.586. The molecule has 7 nitrogen and oxygen atoms in total. The maximum absolute atomic E-state index is 12.8. The Hall–Kier alpha value is -2.48. The van der Waals surface area contributed by atoms with Crippen LogP contribution in [0.2, 0.25) is 0 Å². The van der Waals surface area contributed by atoms with Gasteiger partial charge in [0.25, 0.3) is 0 Å². The van der Waals surface area contributed by atoms with E-state index in [2.05, 4.69) is 26.5 Å². The molecule has 0 amide bonds. The zero-order chi connectivity index (χ0) is 26.1. The van der Waals surface area contributed by atoms with Crippen LogP contribution in [0.15, 0.2) is 59.8 Å². The molecule has 4 rings (SSSR count). The first-order chi connectivity index (χ1) is 17.1. The molecule has 0 unspecified atom stereocenters. The molecule has 2 aliphatic carbocycles. The number of aliphatic hydroxyl groups is 1. The molecule has 7 atom stereocenters. The molecule has 4 aliphatic rings. The van der Waals surface area contributed by atoms with E-state index in [0.29, 0.717) is 19.4 Å². The number of rotatable bonds is 1. The molecule has 196 valence electrons. The highest BCUT2D eigenvalue weighted by Crippen LogP contribution is 2.65. The minimum atomic E-state index is -0.734. The summed E-state index contributed by atoms with van der Waals surface area (Å²) in [5, 5.41) is 10.0. The van der Waals surface area contributed by atoms with E-state index in [4.69, 9.17) is 18.9 Å². The van der Waals surface area contributed by atoms with Gasteiger partial charge in [-0.05, 0) is 45.6 Å². The molecule has 0 aromatic carbocycles. The lowest BCUT2D eigenvalue weighted by molar-refractivity contribution is -0.181. The van der Waals surface area contributed by atoms with E-state index in [9.17, 15) is 14.7 Å². The van der Waals surface area contributed by atoms with Crippen LogP contribution in [0.25, 0.3) is 0 Å². The Kier molecular flexibility index (Phi) is 7.74. The predicted octanol–water partition coefficient (Wildman–Crippen LogP) is 4.13. The first kappa shape index (κ1) is 26.6. The maximum Gasteiger partial charge on any atom is 0.331 e. The molecule has 2 aliphatic heterocycles. The first-order valence-electron chi connectivity index (χ1n) is 12.8. The quantitative estimate of drug-likeness (QED) is 0.429. The second kappa shape index (κ2) is 10.5. The molecule has 0 aromatic rings. The summed E-state index contributed by atoms with van der Waals surface area (Å²) in [5.74, 6) is -0.891. The average molecular weight is 499 g/mol. The molecular formula is C29H38O7. The second-order valence-corrected chi connectivity index (χ2v) is 10.8. The summed E-state index contributed by atoms with van der Waals surface area (Å²) in [7, 11) is 0. The van der Waals surface area contributed by atoms with Gasteiger partial charge in [-0.2, -0.15) is 0 Å². The van der Waals surface area contributed by atoms with Crippen LogP contribution in [0.5, 0.6) is 0 Å². The predicted molar refractivity (Wildman–Crippen MR) is 135 cm³/mol. The summed E-state index contributed by atoms with van der Waals surface area (Å²) in [6.45, 7) is 12.5. The van der Waals surface area contributed by atoms with E-state index >= 15 is 0 Å². The van der Waals surface area contributed by atoms with Gasteiger partial charge >= 0.3 is 11.9 Å². The van der Waals surface area contributed by atoms with Gasteiger partial charge in [-0.3, -0.25) is 0 Å². The normalized spacial score (nSPS) is 41.9. The van der Waals surface area contributed by atoms with Crippen LogP contribution in [0.1, 0.15) is 53.4 Å². The van der Waals surface area contributed by atoms with Crippen molar-refractivity contribution in [1.29, 1.82) is 0 Å². The Morgan fingerprint density at radius 2 is 1.92 bits per heavy atom. The van der Waals surface area contributed by atoms with E-state index in [0.717, 1.165) is 24.0 Å². The number of allylic oxidation sites excluding steroid dienone is 3. The van der Waals surface area contributed by atoms with Crippen molar-refractivity contribution in [3.63, 3.8) is 0 Å². The highest BCUT2D eigenvalue weighted by atomic mass is 16.6. The van der Waals surface area contributed by atoms with Crippen LogP contribution in [0.4, 0.5) is 0 Å². The Morgan fingerprint density at radius 1 is 1.14 bits per heavy atom. The molecule has 2 fully saturated rings. The van der Waals surface area contributed by atoms with Gasteiger partial charge in [0.2, 0.25) is 0 Å². The third-order valence-corrected chi connectivity index (χ3v) is 8.44. The Bertz CT molecular complexity index is 1020. The Morgan fingerprint density at radius 3 is 2.67 bits per heavy atom. The lowest BCUT2D eigenvalue weighted by Gasteiger charge is -2.56. The number of aliphatic hydroxyl groups excluding tert-OH is 1. The first-order valence-corrected chi connectivity index (χ1v) is 12.8. The summed E-state index contributed by atoms with van der Waals surface area (Å²) >= 11 is 0. The molecule has 1 saturated heterocycles. The third-order valence-electron chi connectivity index (χ3n) is 8.44. The summed E-state index contributed by atoms with van der Waals surface area (Å²) < 4.78 is 24.2. The number of carbonyl (C=O) groups excluding carboxylic acids is 2. The van der Waals surface area contributed by atoms with Crippen LogP contribution in [-0.4, -0.2) is 60.8 Å². The van der Waals surface area contributed by atoms with Gasteiger partial charge in [-0.1, -0.05) is 49.0 Å². The van der Waals surface area contributed by atoms with E-state index in [1.165, 1.54) is 17.7 Å². The standard InChI is InChI=1S/C29H38O7/c1-18-10-12-29-17-34-27(32)15-19(2)11-13-33-22(21(4)30)8-6-7-9-26(31)36-24-16-23(35-25(29)14-18)20(3)28(24,29)5/h6-9,14-15,21-25,30H,3,10-13,16-17H2,1-2,4-5H3/b8-6+,9-7-,19-15+/t21-,22-,23-,24-,25-,28-,29-/m1/s1. The topological polar surface area (TPSA) is 91.3 Å². The van der Waals surface area contributed by atoms with Crippen LogP contribution < -0.4 is 0 Å². The van der Waals surface area contributed by atoms with Gasteiger partial charge in [0, 0.05) is 29.4 Å². The van der Waals surface area contributed by atoms with Crippen molar-refractivity contribution in [2.24, 2.45) is 10.8 Å². The van der Waals surface area contributed by atoms with E-state index < -0.39 is 41.1 Å². The number of ether oxygens (including phenoxy) is 4. The van der Waals surface area contributed by atoms with Gasteiger partial charge in [-0.25, -0.2) is 9.59 Å². The number of carbonyl (C=O) groups is 2. The summed E-state index contributed by atoms with van der Waals surface area (Å²) in [6.07, 6.45) is 10.3. The Balaban J connectivity index is 1.70. The highest BCUT2D eigenvalue weighted by Gasteiger charge is 2.68. The maximum atomic E-state index is 12.8. The van der Waals surface area contributed by atoms with Crippen LogP contribution in [0, 0.1) is 10.8 Å². The summed E-state index contributed by atoms with van der Waals surface area (Å²) in [6, 6.07) is 0. The van der Waals surface area contributed by atoms with Crippen molar-refractivity contribution >= 4 is 11.9 Å². The highest BCUT2D eigenvalue weighted by molar-refractivity contribution is 5.83. The van der Waals surface area contributed by atoms with Crippen LogP contribution >= 0.6 is 0 Å². The minimum Gasteiger partial charge on any atom is -0.462 e. The van der Waals surface area contributed by atoms with Crippen molar-refractivity contribution < 1.29 is 33.6 Å². The van der Waals surface area contributed by atoms with Crippen LogP contribution in [0.3, 0.4) is 0 Å². The summed E-state index contributed by atoms with van der Waals surface area (Å²) in [4.78, 5) is 25.7. The minimum absolute atomic E-state index is 0.138. The smallest absolute Gasteiger partial charge is 0.331 e. The number of cyclic esters (lactones) is 1. The van der Waals surface area contributed by atoms with Gasteiger partial charge in [0.05, 0.1) is 24.9 Å². The van der Waals surface area contributed by atoms with E-state index in [1.54, 1.807) is 25.2 Å². The van der Waals surface area contributed by atoms with Gasteiger partial charge in [-0.15, -0.1) is 0 Å². The molecule has 1 N–H and O–H groups in total. The number of esters is 2. The molecule has 0 aromatic heterocycles. The number of fused-ring (bicyclic) bond motifs is 1. The molecule has 2 heterocycles. The van der Waals surface area contributed by atoms with Crippen molar-refractivity contribution in [2.75, 3.05) is 13.2 Å². The molecular weight excluding hydrogens is 460 g/mol.